The lowest BCUT2D eigenvalue weighted by atomic mass is 10.1. The number of hydrogen-bond donors (Lipinski definition) is 2. The smallest absolute Gasteiger partial charge is 0.231 e. The van der Waals surface area contributed by atoms with E-state index in [0.717, 1.165) is 10.6 Å². The molecule has 2 unspecified atom stereocenters. The molecule has 0 heterocycles. The number of benzene rings is 1. The van der Waals surface area contributed by atoms with Crippen molar-refractivity contribution < 1.29 is 4.79 Å². The summed E-state index contributed by atoms with van der Waals surface area (Å²) in [4.78, 5) is 13.1. The fraction of sp³-hybridized carbons (Fsp3) is 0.308. The van der Waals surface area contributed by atoms with Gasteiger partial charge in [-0.1, -0.05) is 24.3 Å². The number of anilines is 1. The monoisotopic (exact) mass is 248 g/mol. The SMILES string of the molecule is CSc1ccccc1NC(=O)C1C=CC(N)C1. The molecule has 0 bridgehead atoms. The van der Waals surface area contributed by atoms with Gasteiger partial charge in [0, 0.05) is 10.9 Å². The minimum absolute atomic E-state index is 0.0153. The Kier molecular flexibility index (Phi) is 3.86. The first-order valence-corrected chi connectivity index (χ1v) is 6.81. The molecule has 90 valence electrons. The molecular formula is C13H16N2OS. The highest BCUT2D eigenvalue weighted by Gasteiger charge is 2.23. The third kappa shape index (κ3) is 2.90. The lowest BCUT2D eigenvalue weighted by molar-refractivity contribution is -0.118. The molecule has 0 saturated heterocycles. The van der Waals surface area contributed by atoms with Crippen molar-refractivity contribution in [3.05, 3.63) is 36.4 Å². The van der Waals surface area contributed by atoms with Crippen LogP contribution in [-0.2, 0) is 4.79 Å². The van der Waals surface area contributed by atoms with Gasteiger partial charge in [-0.15, -0.1) is 11.8 Å². The van der Waals surface area contributed by atoms with Crippen molar-refractivity contribution in [2.75, 3.05) is 11.6 Å². The van der Waals surface area contributed by atoms with Gasteiger partial charge in [0.15, 0.2) is 0 Å². The summed E-state index contributed by atoms with van der Waals surface area (Å²) in [6.45, 7) is 0. The zero-order valence-electron chi connectivity index (χ0n) is 9.72. The summed E-state index contributed by atoms with van der Waals surface area (Å²) >= 11 is 1.62. The number of para-hydroxylation sites is 1. The highest BCUT2D eigenvalue weighted by atomic mass is 32.2. The van der Waals surface area contributed by atoms with E-state index < -0.39 is 0 Å². The van der Waals surface area contributed by atoms with Gasteiger partial charge in [0.1, 0.15) is 0 Å². The fourth-order valence-electron chi connectivity index (χ4n) is 1.89. The minimum Gasteiger partial charge on any atom is -0.325 e. The van der Waals surface area contributed by atoms with Crippen molar-refractivity contribution in [2.45, 2.75) is 17.4 Å². The van der Waals surface area contributed by atoms with E-state index >= 15 is 0 Å². The molecule has 4 heteroatoms. The van der Waals surface area contributed by atoms with E-state index in [1.807, 2.05) is 42.7 Å². The van der Waals surface area contributed by atoms with Crippen LogP contribution in [0.4, 0.5) is 5.69 Å². The zero-order valence-corrected chi connectivity index (χ0v) is 10.5. The first-order chi connectivity index (χ1) is 8.20. The zero-order chi connectivity index (χ0) is 12.3. The van der Waals surface area contributed by atoms with Crippen molar-refractivity contribution in [1.82, 2.24) is 0 Å². The molecular weight excluding hydrogens is 232 g/mol. The number of amides is 1. The third-order valence-corrected chi connectivity index (χ3v) is 3.61. The van der Waals surface area contributed by atoms with Gasteiger partial charge >= 0.3 is 0 Å². The highest BCUT2D eigenvalue weighted by molar-refractivity contribution is 7.98. The molecule has 0 aromatic heterocycles. The lowest BCUT2D eigenvalue weighted by Gasteiger charge is -2.12. The van der Waals surface area contributed by atoms with Crippen LogP contribution in [0.1, 0.15) is 6.42 Å². The van der Waals surface area contributed by atoms with Crippen LogP contribution in [0, 0.1) is 5.92 Å². The molecule has 2 rings (SSSR count). The van der Waals surface area contributed by atoms with Crippen molar-refractivity contribution in [1.29, 1.82) is 0 Å². The molecule has 0 aliphatic heterocycles. The predicted octanol–water partition coefficient (Wildman–Crippen LogP) is 2.25. The van der Waals surface area contributed by atoms with Crippen molar-refractivity contribution in [2.24, 2.45) is 11.7 Å². The number of carbonyl (C=O) groups is 1. The topological polar surface area (TPSA) is 55.1 Å². The van der Waals surface area contributed by atoms with Crippen LogP contribution in [0.2, 0.25) is 0 Å². The molecule has 17 heavy (non-hydrogen) atoms. The Morgan fingerprint density at radius 1 is 1.41 bits per heavy atom. The number of nitrogens with one attached hydrogen (secondary N) is 1. The van der Waals surface area contributed by atoms with Gasteiger partial charge in [0.2, 0.25) is 5.91 Å². The van der Waals surface area contributed by atoms with Gasteiger partial charge in [0.25, 0.3) is 0 Å². The molecule has 0 fully saturated rings. The van der Waals surface area contributed by atoms with E-state index in [1.165, 1.54) is 0 Å². The Labute approximate surface area is 105 Å². The first kappa shape index (κ1) is 12.2. The van der Waals surface area contributed by atoms with E-state index in [0.29, 0.717) is 6.42 Å². The predicted molar refractivity (Wildman–Crippen MR) is 72.1 cm³/mol. The Hall–Kier alpha value is -1.26. The number of thioether (sulfide) groups is 1. The summed E-state index contributed by atoms with van der Waals surface area (Å²) in [5.74, 6) is -0.0735. The average Bonchev–Trinajstić information content (AvgIpc) is 2.77. The van der Waals surface area contributed by atoms with E-state index in [4.69, 9.17) is 5.73 Å². The Balaban J connectivity index is 2.06. The number of carbonyl (C=O) groups excluding carboxylic acids is 1. The molecule has 3 nitrogen and oxygen atoms in total. The number of rotatable bonds is 3. The molecule has 2 atom stereocenters. The fourth-order valence-corrected chi connectivity index (χ4v) is 2.45. The maximum absolute atomic E-state index is 12.0. The molecule has 1 aromatic carbocycles. The number of hydrogen-bond acceptors (Lipinski definition) is 3. The normalized spacial score (nSPS) is 22.7. The minimum atomic E-state index is -0.0973. The van der Waals surface area contributed by atoms with E-state index in [1.54, 1.807) is 11.8 Å². The summed E-state index contributed by atoms with van der Waals surface area (Å²) in [7, 11) is 0. The Morgan fingerprint density at radius 2 is 2.18 bits per heavy atom. The molecule has 1 aliphatic carbocycles. The molecule has 1 amide bonds. The maximum atomic E-state index is 12.0. The van der Waals surface area contributed by atoms with Crippen LogP contribution in [0.15, 0.2) is 41.3 Å². The molecule has 0 radical (unpaired) electrons. The van der Waals surface area contributed by atoms with E-state index in [9.17, 15) is 4.79 Å². The third-order valence-electron chi connectivity index (χ3n) is 2.82. The molecule has 3 N–H and O–H groups in total. The molecule has 1 aromatic rings. The second kappa shape index (κ2) is 5.38. The summed E-state index contributed by atoms with van der Waals surface area (Å²) < 4.78 is 0. The van der Waals surface area contributed by atoms with Gasteiger partial charge < -0.3 is 11.1 Å². The van der Waals surface area contributed by atoms with Crippen LogP contribution < -0.4 is 11.1 Å². The molecule has 0 spiro atoms. The van der Waals surface area contributed by atoms with Crippen LogP contribution in [-0.4, -0.2) is 18.2 Å². The summed E-state index contributed by atoms with van der Waals surface area (Å²) in [6.07, 6.45) is 6.48. The second-order valence-electron chi connectivity index (χ2n) is 4.08. The van der Waals surface area contributed by atoms with Crippen molar-refractivity contribution in [3.8, 4) is 0 Å². The quantitative estimate of drug-likeness (QED) is 0.637. The molecule has 1 aliphatic rings. The summed E-state index contributed by atoms with van der Waals surface area (Å²) in [5.41, 5.74) is 6.62. The van der Waals surface area contributed by atoms with Gasteiger partial charge in [-0.2, -0.15) is 0 Å². The van der Waals surface area contributed by atoms with Crippen LogP contribution in [0.25, 0.3) is 0 Å². The number of nitrogens with two attached hydrogens (primary N) is 1. The highest BCUT2D eigenvalue weighted by Crippen LogP contribution is 2.26. The molecule has 0 saturated carbocycles. The Bertz CT molecular complexity index is 445. The van der Waals surface area contributed by atoms with Crippen LogP contribution >= 0.6 is 11.8 Å². The van der Waals surface area contributed by atoms with Crippen molar-refractivity contribution >= 4 is 23.4 Å². The summed E-state index contributed by atoms with van der Waals surface area (Å²) in [6, 6.07) is 7.82. The van der Waals surface area contributed by atoms with Gasteiger partial charge in [-0.25, -0.2) is 0 Å². The standard InChI is InChI=1S/C13H16N2OS/c1-17-12-5-3-2-4-11(12)15-13(16)9-6-7-10(14)8-9/h2-7,9-10H,8,14H2,1H3,(H,15,16). The van der Waals surface area contributed by atoms with Crippen LogP contribution in [0.3, 0.4) is 0 Å². The average molecular weight is 248 g/mol. The lowest BCUT2D eigenvalue weighted by Crippen LogP contribution is -2.24. The van der Waals surface area contributed by atoms with Gasteiger partial charge in [-0.3, -0.25) is 4.79 Å². The van der Waals surface area contributed by atoms with Crippen molar-refractivity contribution in [3.63, 3.8) is 0 Å². The van der Waals surface area contributed by atoms with Crippen LogP contribution in [0.5, 0.6) is 0 Å². The van der Waals surface area contributed by atoms with E-state index in [-0.39, 0.29) is 17.9 Å². The van der Waals surface area contributed by atoms with Gasteiger partial charge in [-0.05, 0) is 24.8 Å². The first-order valence-electron chi connectivity index (χ1n) is 5.58. The summed E-state index contributed by atoms with van der Waals surface area (Å²) in [5, 5.41) is 2.96. The Morgan fingerprint density at radius 3 is 2.82 bits per heavy atom. The van der Waals surface area contributed by atoms with Gasteiger partial charge in [0.05, 0.1) is 11.6 Å². The largest absolute Gasteiger partial charge is 0.325 e. The van der Waals surface area contributed by atoms with E-state index in [2.05, 4.69) is 5.32 Å². The second-order valence-corrected chi connectivity index (χ2v) is 4.93. The maximum Gasteiger partial charge on any atom is 0.231 e.